The average Bonchev–Trinajstić information content (AvgIpc) is 3.41. The van der Waals surface area contributed by atoms with Crippen molar-refractivity contribution in [3.63, 3.8) is 0 Å². The molecule has 1 saturated heterocycles. The Balaban J connectivity index is 1.81. The number of aromatic nitrogens is 3. The summed E-state index contributed by atoms with van der Waals surface area (Å²) in [5, 5.41) is 4.67. The Bertz CT molecular complexity index is 1150. The number of carbonyl (C=O) groups is 1. The molecule has 0 radical (unpaired) electrons. The van der Waals surface area contributed by atoms with E-state index in [2.05, 4.69) is 84.9 Å². The fourth-order valence-electron chi connectivity index (χ4n) is 4.91. The predicted octanol–water partition coefficient (Wildman–Crippen LogP) is 7.49. The van der Waals surface area contributed by atoms with E-state index in [9.17, 15) is 4.79 Å². The molecule has 1 amide bonds. The summed E-state index contributed by atoms with van der Waals surface area (Å²) in [5.41, 5.74) is 1.30. The van der Waals surface area contributed by atoms with Crippen LogP contribution in [0.15, 0.2) is 12.3 Å². The predicted molar refractivity (Wildman–Crippen MR) is 185 cm³/mol. The second kappa shape index (κ2) is 14.7. The van der Waals surface area contributed by atoms with E-state index < -0.39 is 21.7 Å². The molecule has 42 heavy (non-hydrogen) atoms. The molecule has 1 aliphatic heterocycles. The van der Waals surface area contributed by atoms with Crippen molar-refractivity contribution in [3.8, 4) is 0 Å². The van der Waals surface area contributed by atoms with Crippen molar-refractivity contribution in [1.29, 1.82) is 0 Å². The number of likely N-dealkylation sites (tertiary alicyclic amines) is 1. The summed E-state index contributed by atoms with van der Waals surface area (Å²) in [6.45, 7) is 24.4. The molecule has 1 aliphatic rings. The van der Waals surface area contributed by atoms with Gasteiger partial charge in [-0.1, -0.05) is 39.3 Å². The van der Waals surface area contributed by atoms with E-state index in [-0.39, 0.29) is 18.2 Å². The maximum atomic E-state index is 13.0. The van der Waals surface area contributed by atoms with E-state index in [1.54, 1.807) is 0 Å². The van der Waals surface area contributed by atoms with Crippen molar-refractivity contribution in [2.45, 2.75) is 122 Å². The van der Waals surface area contributed by atoms with Gasteiger partial charge in [0.2, 0.25) is 0 Å². The summed E-state index contributed by atoms with van der Waals surface area (Å²) in [4.78, 5) is 22.1. The molecule has 0 N–H and O–H groups in total. The smallest absolute Gasteiger partial charge is 0.410 e. The van der Waals surface area contributed by atoms with Crippen LogP contribution >= 0.6 is 22.6 Å². The van der Waals surface area contributed by atoms with Gasteiger partial charge in [0.05, 0.1) is 9.77 Å². The van der Waals surface area contributed by atoms with Crippen LogP contribution in [0.1, 0.15) is 52.7 Å². The number of aryl methyl sites for hydroxylation is 1. The Labute approximate surface area is 269 Å². The van der Waals surface area contributed by atoms with Gasteiger partial charge in [0.25, 0.3) is 0 Å². The highest BCUT2D eigenvalue weighted by molar-refractivity contribution is 14.1. The van der Waals surface area contributed by atoms with E-state index in [0.717, 1.165) is 71.7 Å². The van der Waals surface area contributed by atoms with Crippen LogP contribution < -0.4 is 4.90 Å². The lowest BCUT2D eigenvalue weighted by molar-refractivity contribution is 0.0154. The number of hydrogen-bond acceptors (Lipinski definition) is 7. The highest BCUT2D eigenvalue weighted by Crippen LogP contribution is 2.30. The third kappa shape index (κ3) is 11.0. The standard InChI is InChI=1S/C30H54IN5O4Si2/c1-23-11-13-25(35(23)29(37)40-30(2,3)4)14-12-24-19-27(36-28(33-24)26(31)20-32-36)34(21-38-15-17-41(5,6)7)22-39-16-18-42(8,9)10/h19-20,23,25H,11-18,21-22H2,1-10H3/t23-,25-/m1/s1. The third-order valence-electron chi connectivity index (χ3n) is 7.40. The van der Waals surface area contributed by atoms with Crippen LogP contribution in [0.25, 0.3) is 5.65 Å². The number of hydrogen-bond donors (Lipinski definition) is 0. The molecule has 0 aromatic carbocycles. The lowest BCUT2D eigenvalue weighted by atomic mass is 10.1. The fourth-order valence-corrected chi connectivity index (χ4v) is 6.90. The van der Waals surface area contributed by atoms with Gasteiger partial charge in [-0.15, -0.1) is 0 Å². The second-order valence-corrected chi connectivity index (χ2v) is 27.5. The van der Waals surface area contributed by atoms with Gasteiger partial charge < -0.3 is 24.0 Å². The number of anilines is 1. The van der Waals surface area contributed by atoms with Crippen LogP contribution in [0.4, 0.5) is 10.6 Å². The van der Waals surface area contributed by atoms with Gasteiger partial charge in [-0.05, 0) is 88.1 Å². The molecule has 1 fully saturated rings. The molecule has 0 spiro atoms. The SMILES string of the molecule is C[C@@H]1CC[C@H](CCc2cc(N(COCC[Si](C)(C)C)COCC[Si](C)(C)C)n3ncc(I)c3n2)N1C(=O)OC(C)(C)C. The Hall–Kier alpha value is -1.23. The first-order chi connectivity index (χ1) is 19.4. The minimum Gasteiger partial charge on any atom is -0.444 e. The van der Waals surface area contributed by atoms with E-state index in [0.29, 0.717) is 13.5 Å². The topological polar surface area (TPSA) is 81.4 Å². The number of carbonyl (C=O) groups excluding carboxylic acids is 1. The van der Waals surface area contributed by atoms with Gasteiger partial charge >= 0.3 is 6.09 Å². The van der Waals surface area contributed by atoms with Crippen LogP contribution in [-0.2, 0) is 20.6 Å². The van der Waals surface area contributed by atoms with Crippen LogP contribution in [0.2, 0.25) is 51.4 Å². The number of halogens is 1. The van der Waals surface area contributed by atoms with Crippen LogP contribution in [0, 0.1) is 3.57 Å². The molecule has 2 aromatic heterocycles. The molecule has 3 heterocycles. The molecular formula is C30H54IN5O4Si2. The summed E-state index contributed by atoms with van der Waals surface area (Å²) < 4.78 is 21.1. The maximum Gasteiger partial charge on any atom is 0.410 e. The normalized spacial score (nSPS) is 18.2. The Kier molecular flexibility index (Phi) is 12.3. The van der Waals surface area contributed by atoms with Gasteiger partial charge in [0.15, 0.2) is 5.65 Å². The van der Waals surface area contributed by atoms with Crippen molar-refractivity contribution >= 4 is 56.3 Å². The first-order valence-electron chi connectivity index (χ1n) is 15.4. The molecular weight excluding hydrogens is 677 g/mol. The van der Waals surface area contributed by atoms with E-state index >= 15 is 0 Å². The molecule has 3 rings (SSSR count). The zero-order valence-electron chi connectivity index (χ0n) is 27.6. The van der Waals surface area contributed by atoms with Crippen LogP contribution in [-0.4, -0.2) is 86.1 Å². The highest BCUT2D eigenvalue weighted by Gasteiger charge is 2.36. The zero-order valence-corrected chi connectivity index (χ0v) is 31.8. The average molecular weight is 732 g/mol. The Morgan fingerprint density at radius 2 is 1.64 bits per heavy atom. The number of fused-ring (bicyclic) bond motifs is 1. The minimum atomic E-state index is -1.20. The third-order valence-corrected chi connectivity index (χ3v) is 11.6. The van der Waals surface area contributed by atoms with Crippen molar-refractivity contribution < 1.29 is 19.0 Å². The van der Waals surface area contributed by atoms with E-state index in [1.807, 2.05) is 36.4 Å². The van der Waals surface area contributed by atoms with Gasteiger partial charge in [0.1, 0.15) is 24.9 Å². The fraction of sp³-hybridized carbons (Fsp3) is 0.767. The summed E-state index contributed by atoms with van der Waals surface area (Å²) >= 11 is 2.30. The Morgan fingerprint density at radius 3 is 2.19 bits per heavy atom. The lowest BCUT2D eigenvalue weighted by Crippen LogP contribution is -2.43. The molecule has 12 heteroatoms. The van der Waals surface area contributed by atoms with E-state index in [1.165, 1.54) is 0 Å². The molecule has 0 bridgehead atoms. The van der Waals surface area contributed by atoms with Gasteiger partial charge in [-0.25, -0.2) is 9.78 Å². The summed E-state index contributed by atoms with van der Waals surface area (Å²) in [7, 11) is -2.40. The monoisotopic (exact) mass is 731 g/mol. The van der Waals surface area contributed by atoms with Crippen molar-refractivity contribution in [1.82, 2.24) is 19.5 Å². The second-order valence-electron chi connectivity index (χ2n) is 15.1. The van der Waals surface area contributed by atoms with Crippen molar-refractivity contribution in [2.24, 2.45) is 0 Å². The number of ether oxygens (including phenoxy) is 3. The zero-order chi connectivity index (χ0) is 31.3. The maximum absolute atomic E-state index is 13.0. The van der Waals surface area contributed by atoms with Gasteiger partial charge in [0, 0.05) is 53.2 Å². The molecule has 238 valence electrons. The van der Waals surface area contributed by atoms with Gasteiger partial charge in [-0.2, -0.15) is 9.61 Å². The molecule has 2 aromatic rings. The quantitative estimate of drug-likeness (QED) is 0.0863. The van der Waals surface area contributed by atoms with Crippen molar-refractivity contribution in [2.75, 3.05) is 31.6 Å². The molecule has 0 aliphatic carbocycles. The summed E-state index contributed by atoms with van der Waals surface area (Å²) in [6, 6.07) is 4.65. The number of rotatable bonds is 14. The largest absolute Gasteiger partial charge is 0.444 e. The number of nitrogens with zero attached hydrogens (tertiary/aromatic N) is 5. The lowest BCUT2D eigenvalue weighted by Gasteiger charge is -2.31. The van der Waals surface area contributed by atoms with Gasteiger partial charge in [-0.3, -0.25) is 0 Å². The van der Waals surface area contributed by atoms with E-state index in [4.69, 9.17) is 19.2 Å². The summed E-state index contributed by atoms with van der Waals surface area (Å²) in [6.07, 6.45) is 5.18. The molecule has 0 unspecified atom stereocenters. The number of amides is 1. The first kappa shape index (κ1) is 35.3. The van der Waals surface area contributed by atoms with Crippen molar-refractivity contribution in [3.05, 3.63) is 21.5 Å². The molecule has 2 atom stereocenters. The first-order valence-corrected chi connectivity index (χ1v) is 23.9. The highest BCUT2D eigenvalue weighted by atomic mass is 127. The minimum absolute atomic E-state index is 0.131. The summed E-state index contributed by atoms with van der Waals surface area (Å²) in [5.74, 6) is 0.919. The molecule has 9 nitrogen and oxygen atoms in total. The Morgan fingerprint density at radius 1 is 1.05 bits per heavy atom. The van der Waals surface area contributed by atoms with Crippen LogP contribution in [0.3, 0.4) is 0 Å². The molecule has 0 saturated carbocycles. The van der Waals surface area contributed by atoms with Crippen LogP contribution in [0.5, 0.6) is 0 Å².